The Labute approximate surface area is 192 Å². The zero-order valence-corrected chi connectivity index (χ0v) is 21.6. The molecule has 0 fully saturated rings. The topological polar surface area (TPSA) is 0 Å². The first-order chi connectivity index (χ1) is 4.24. The van der Waals surface area contributed by atoms with E-state index in [2.05, 4.69) is 27.7 Å². The Hall–Kier alpha value is 4.14. The fraction of sp³-hybridized carbons (Fsp3) is 1.00. The summed E-state index contributed by atoms with van der Waals surface area (Å²) in [5, 5.41) is 0. The van der Waals surface area contributed by atoms with E-state index in [1.54, 1.807) is 0 Å². The fourth-order valence-electron chi connectivity index (χ4n) is 1.34. The second-order valence-corrected chi connectivity index (χ2v) is 2.61. The summed E-state index contributed by atoms with van der Waals surface area (Å²) >= 11 is 0. The van der Waals surface area contributed by atoms with Crippen molar-refractivity contribution in [3.63, 3.8) is 0 Å². The van der Waals surface area contributed by atoms with E-state index in [-0.39, 0.29) is 137 Å². The number of halogens is 5. The van der Waals surface area contributed by atoms with E-state index < -0.39 is 0 Å². The molecule has 0 spiro atoms. The Morgan fingerprint density at radius 2 is 0.667 bits per heavy atom. The van der Waals surface area contributed by atoms with E-state index in [1.807, 2.05) is 0 Å². The Balaban J connectivity index is -0.0000000213. The Kier molecular flexibility index (Phi) is 75.9. The molecule has 0 aromatic rings. The third-order valence-corrected chi connectivity index (χ3v) is 2.68. The number of rotatable bonds is 4. The smallest absolute Gasteiger partial charge is 1.00 e. The molecule has 15 heavy (non-hydrogen) atoms. The van der Waals surface area contributed by atoms with Crippen LogP contribution in [0.1, 0.15) is 27.7 Å². The number of nitrogens with zero attached hydrogens (tertiary/aromatic N) is 1. The molecule has 0 aromatic heterocycles. The third kappa shape index (κ3) is 18.1. The van der Waals surface area contributed by atoms with Crippen molar-refractivity contribution in [3.8, 4) is 0 Å². The van der Waals surface area contributed by atoms with Crippen molar-refractivity contribution in [3.05, 3.63) is 0 Å². The van der Waals surface area contributed by atoms with E-state index in [0.29, 0.717) is 0 Å². The minimum atomic E-state index is 0. The van der Waals surface area contributed by atoms with Gasteiger partial charge in [0.1, 0.15) is 0 Å². The van der Waals surface area contributed by atoms with E-state index in [0.717, 1.165) is 0 Å². The van der Waals surface area contributed by atoms with Gasteiger partial charge in [-0.2, -0.15) is 0 Å². The van der Waals surface area contributed by atoms with Crippen LogP contribution in [0.3, 0.4) is 0 Å². The van der Waals surface area contributed by atoms with Crippen LogP contribution < -0.4 is 120 Å². The molecule has 0 heterocycles. The molecular weight excluding hydrogens is 797 g/mol. The van der Waals surface area contributed by atoms with Crippen LogP contribution in [0.15, 0.2) is 0 Å². The zero-order valence-electron chi connectivity index (χ0n) is 9.57. The summed E-state index contributed by atoms with van der Waals surface area (Å²) in [4.78, 5) is 0. The predicted octanol–water partition coefficient (Wildman–Crippen LogP) is -13.1. The van der Waals surface area contributed by atoms with Gasteiger partial charge < -0.3 is 124 Å². The first-order valence-electron chi connectivity index (χ1n) is 4.09. The molecule has 0 aliphatic rings. The Morgan fingerprint density at radius 3 is 0.667 bits per heavy atom. The summed E-state index contributed by atoms with van der Waals surface area (Å²) in [6, 6.07) is 0. The first kappa shape index (κ1) is 42.7. The summed E-state index contributed by atoms with van der Waals surface area (Å²) in [6.07, 6.45) is 0. The van der Waals surface area contributed by atoms with Crippen molar-refractivity contribution >= 4 is 0 Å². The van der Waals surface area contributed by atoms with Crippen LogP contribution in [-0.4, -0.2) is 30.7 Å². The van der Waals surface area contributed by atoms with Gasteiger partial charge in [-0.3, -0.25) is 0 Å². The molecule has 0 radical (unpaired) electrons. The quantitative estimate of drug-likeness (QED) is 0.196. The number of hydrogen-bond acceptors (Lipinski definition) is 0. The molecule has 0 aromatic carbocycles. The van der Waals surface area contributed by atoms with Crippen LogP contribution in [0, 0.1) is 0 Å². The van der Waals surface area contributed by atoms with Gasteiger partial charge in [0.2, 0.25) is 0 Å². The maximum absolute atomic E-state index is 2.27. The average Bonchev–Trinajstić information content (AvgIpc) is 1.95. The Morgan fingerprint density at radius 1 is 0.533 bits per heavy atom. The maximum Gasteiger partial charge on any atom is 4.00 e. The summed E-state index contributed by atoms with van der Waals surface area (Å²) in [7, 11) is 0. The van der Waals surface area contributed by atoms with Crippen molar-refractivity contribution in [2.75, 3.05) is 26.2 Å². The molecule has 0 bridgehead atoms. The predicted molar refractivity (Wildman–Crippen MR) is 42.4 cm³/mol. The molecule has 0 aliphatic heterocycles. The van der Waals surface area contributed by atoms with E-state index in [9.17, 15) is 0 Å². The van der Waals surface area contributed by atoms with Gasteiger partial charge in [-0.05, 0) is 27.7 Å². The molecule has 0 unspecified atom stereocenters. The molecule has 7 heteroatoms. The van der Waals surface area contributed by atoms with E-state index >= 15 is 0 Å². The second kappa shape index (κ2) is 26.7. The number of hydrogen-bond donors (Lipinski definition) is 0. The van der Waals surface area contributed by atoms with Gasteiger partial charge in [0, 0.05) is 0 Å². The summed E-state index contributed by atoms with van der Waals surface area (Å²) in [5.74, 6) is 0. The van der Waals surface area contributed by atoms with Crippen LogP contribution in [0.2, 0.25) is 0 Å². The molecule has 1 nitrogen and oxygen atoms in total. The molecule has 98 valence electrons. The summed E-state index contributed by atoms with van der Waals surface area (Å²) in [5.41, 5.74) is 0. The standard InChI is InChI=1S/C8H20N.Cr.5HI/c1-5-9(6-2,7-3)8-4;;;;;;/h5-8H2,1-4H3;;5*1H/q+1;+4;;;;;/p-5. The summed E-state index contributed by atoms with van der Waals surface area (Å²) in [6.45, 7) is 14.2. The molecule has 0 amide bonds. The summed E-state index contributed by atoms with van der Waals surface area (Å²) < 4.78 is 1.28. The van der Waals surface area contributed by atoms with Gasteiger partial charge in [0.15, 0.2) is 0 Å². The van der Waals surface area contributed by atoms with Crippen LogP contribution in [0.5, 0.6) is 0 Å². The molecule has 0 atom stereocenters. The molecule has 0 aliphatic carbocycles. The van der Waals surface area contributed by atoms with Crippen molar-refractivity contribution in [1.29, 1.82) is 0 Å². The average molecular weight is 817 g/mol. The van der Waals surface area contributed by atoms with Gasteiger partial charge in [-0.25, -0.2) is 0 Å². The Bertz CT molecular complexity index is 65.9. The molecule has 0 saturated carbocycles. The van der Waals surface area contributed by atoms with Crippen LogP contribution in [-0.2, 0) is 17.4 Å². The molecule has 0 saturated heterocycles. The zero-order chi connectivity index (χ0) is 7.33. The minimum absolute atomic E-state index is 0. The van der Waals surface area contributed by atoms with E-state index in [1.165, 1.54) is 30.7 Å². The molecule has 0 N–H and O–H groups in total. The van der Waals surface area contributed by atoms with Gasteiger partial charge >= 0.3 is 17.4 Å². The van der Waals surface area contributed by atoms with Crippen molar-refractivity contribution in [1.82, 2.24) is 0 Å². The maximum atomic E-state index is 2.27. The number of quaternary nitrogens is 1. The van der Waals surface area contributed by atoms with Crippen LogP contribution >= 0.6 is 0 Å². The van der Waals surface area contributed by atoms with Crippen molar-refractivity contribution in [2.24, 2.45) is 0 Å². The van der Waals surface area contributed by atoms with Gasteiger partial charge in [0.25, 0.3) is 0 Å². The monoisotopic (exact) mass is 817 g/mol. The van der Waals surface area contributed by atoms with E-state index in [4.69, 9.17) is 0 Å². The van der Waals surface area contributed by atoms with Gasteiger partial charge in [-0.15, -0.1) is 0 Å². The van der Waals surface area contributed by atoms with Gasteiger partial charge in [-0.1, -0.05) is 0 Å². The first-order valence-corrected chi connectivity index (χ1v) is 4.09. The minimum Gasteiger partial charge on any atom is -1.00 e. The molecule has 0 rings (SSSR count). The SMILES string of the molecule is CC[N+](CC)(CC)CC.[Cr+4].[I-].[I-].[I-].[I-].[I-]. The third-order valence-electron chi connectivity index (χ3n) is 2.68. The largest absolute Gasteiger partial charge is 4.00 e. The second-order valence-electron chi connectivity index (χ2n) is 2.61. The van der Waals surface area contributed by atoms with Crippen LogP contribution in [0.4, 0.5) is 0 Å². The fourth-order valence-corrected chi connectivity index (χ4v) is 1.34. The van der Waals surface area contributed by atoms with Crippen molar-refractivity contribution < 1.29 is 142 Å². The molecular formula is C8H20CrI5N. The normalized spacial score (nSPS) is 7.20. The van der Waals surface area contributed by atoms with Gasteiger partial charge in [0.05, 0.1) is 26.2 Å². The van der Waals surface area contributed by atoms with Crippen molar-refractivity contribution in [2.45, 2.75) is 27.7 Å². The van der Waals surface area contributed by atoms with Crippen LogP contribution in [0.25, 0.3) is 0 Å².